The zero-order valence-electron chi connectivity index (χ0n) is 9.48. The van der Waals surface area contributed by atoms with Crippen LogP contribution in [0.3, 0.4) is 0 Å². The molecule has 86 valence electrons. The lowest BCUT2D eigenvalue weighted by molar-refractivity contribution is -0.137. The molecule has 3 nitrogen and oxygen atoms in total. The highest BCUT2D eigenvalue weighted by Crippen LogP contribution is 2.06. The fourth-order valence-electron chi connectivity index (χ4n) is 1.32. The van der Waals surface area contributed by atoms with Crippen LogP contribution >= 0.6 is 0 Å². The zero-order chi connectivity index (χ0) is 11.8. The molecule has 1 rings (SSSR count). The van der Waals surface area contributed by atoms with Crippen molar-refractivity contribution in [1.29, 1.82) is 0 Å². The molecule has 1 aromatic carbocycles. The number of carbonyl (C=O) groups excluding carboxylic acids is 1. The minimum absolute atomic E-state index is 0.312. The van der Waals surface area contributed by atoms with Crippen LogP contribution in [0.25, 0.3) is 6.08 Å². The Morgan fingerprint density at radius 3 is 2.62 bits per heavy atom. The van der Waals surface area contributed by atoms with E-state index in [9.17, 15) is 4.79 Å². The highest BCUT2D eigenvalue weighted by molar-refractivity contribution is 5.86. The molecule has 0 unspecified atom stereocenters. The third kappa shape index (κ3) is 4.28. The van der Waals surface area contributed by atoms with Gasteiger partial charge in [0.2, 0.25) is 0 Å². The van der Waals surface area contributed by atoms with Gasteiger partial charge in [0.25, 0.3) is 0 Å². The van der Waals surface area contributed by atoms with Gasteiger partial charge in [-0.2, -0.15) is 0 Å². The first-order chi connectivity index (χ1) is 7.76. The van der Waals surface area contributed by atoms with Crippen molar-refractivity contribution in [2.24, 2.45) is 5.73 Å². The van der Waals surface area contributed by atoms with E-state index >= 15 is 0 Å². The first-order valence-corrected chi connectivity index (χ1v) is 5.40. The van der Waals surface area contributed by atoms with Gasteiger partial charge in [-0.25, -0.2) is 4.79 Å². The first-order valence-electron chi connectivity index (χ1n) is 5.40. The second kappa shape index (κ2) is 6.80. The van der Waals surface area contributed by atoms with E-state index in [1.807, 2.05) is 24.3 Å². The summed E-state index contributed by atoms with van der Waals surface area (Å²) >= 11 is 0. The van der Waals surface area contributed by atoms with E-state index in [4.69, 9.17) is 10.5 Å². The van der Waals surface area contributed by atoms with Crippen LogP contribution in [0.4, 0.5) is 0 Å². The van der Waals surface area contributed by atoms with E-state index in [0.717, 1.165) is 12.0 Å². The number of benzene rings is 1. The fourth-order valence-corrected chi connectivity index (χ4v) is 1.32. The van der Waals surface area contributed by atoms with E-state index in [1.165, 1.54) is 11.6 Å². The summed E-state index contributed by atoms with van der Waals surface area (Å²) in [6.07, 6.45) is 4.05. The molecule has 0 atom stereocenters. The Morgan fingerprint density at radius 2 is 2.06 bits per heavy atom. The van der Waals surface area contributed by atoms with Crippen molar-refractivity contribution in [1.82, 2.24) is 0 Å². The number of carbonyl (C=O) groups is 1. The van der Waals surface area contributed by atoms with Crippen LogP contribution in [-0.4, -0.2) is 19.1 Å². The summed E-state index contributed by atoms with van der Waals surface area (Å²) in [5.74, 6) is -0.312. The smallest absolute Gasteiger partial charge is 0.330 e. The molecule has 0 radical (unpaired) electrons. The maximum absolute atomic E-state index is 11.1. The maximum atomic E-state index is 11.1. The van der Waals surface area contributed by atoms with E-state index in [-0.39, 0.29) is 5.97 Å². The summed E-state index contributed by atoms with van der Waals surface area (Å²) in [5, 5.41) is 0. The van der Waals surface area contributed by atoms with Crippen LogP contribution in [0.2, 0.25) is 0 Å². The molecule has 0 amide bonds. The third-order valence-electron chi connectivity index (χ3n) is 2.11. The van der Waals surface area contributed by atoms with Crippen molar-refractivity contribution in [3.63, 3.8) is 0 Å². The monoisotopic (exact) mass is 219 g/mol. The maximum Gasteiger partial charge on any atom is 0.330 e. The summed E-state index contributed by atoms with van der Waals surface area (Å²) in [4.78, 5) is 11.1. The topological polar surface area (TPSA) is 52.3 Å². The Labute approximate surface area is 95.9 Å². The van der Waals surface area contributed by atoms with Crippen LogP contribution in [0.15, 0.2) is 30.3 Å². The van der Waals surface area contributed by atoms with E-state index < -0.39 is 0 Å². The van der Waals surface area contributed by atoms with Crippen molar-refractivity contribution in [2.45, 2.75) is 13.3 Å². The van der Waals surface area contributed by atoms with Crippen molar-refractivity contribution >= 4 is 12.0 Å². The number of nitrogens with two attached hydrogens (primary N) is 1. The van der Waals surface area contributed by atoms with Gasteiger partial charge in [0.15, 0.2) is 0 Å². The molecular weight excluding hydrogens is 202 g/mol. The molecule has 0 aromatic heterocycles. The van der Waals surface area contributed by atoms with Gasteiger partial charge < -0.3 is 10.5 Å². The molecular formula is C13H17NO2. The Morgan fingerprint density at radius 1 is 1.38 bits per heavy atom. The van der Waals surface area contributed by atoms with Crippen molar-refractivity contribution < 1.29 is 9.53 Å². The second-order valence-electron chi connectivity index (χ2n) is 3.37. The molecule has 0 saturated heterocycles. The lowest BCUT2D eigenvalue weighted by Gasteiger charge is -1.99. The molecule has 0 fully saturated rings. The van der Waals surface area contributed by atoms with Gasteiger partial charge in [-0.15, -0.1) is 0 Å². The Balaban J connectivity index is 2.57. The van der Waals surface area contributed by atoms with Gasteiger partial charge in [-0.3, -0.25) is 0 Å². The Bertz CT molecular complexity index is 355. The van der Waals surface area contributed by atoms with Gasteiger partial charge in [0, 0.05) is 6.08 Å². The van der Waals surface area contributed by atoms with Crippen molar-refractivity contribution in [3.05, 3.63) is 41.5 Å². The molecule has 2 N–H and O–H groups in total. The highest BCUT2D eigenvalue weighted by atomic mass is 16.5. The molecule has 0 saturated carbocycles. The third-order valence-corrected chi connectivity index (χ3v) is 2.11. The molecule has 3 heteroatoms. The SMILES string of the molecule is CCOC(=O)C=Cc1ccc(CCN)cc1. The number of hydrogen-bond acceptors (Lipinski definition) is 3. The predicted molar refractivity (Wildman–Crippen MR) is 64.9 cm³/mol. The molecule has 16 heavy (non-hydrogen) atoms. The standard InChI is InChI=1S/C13H17NO2/c1-2-16-13(15)8-7-11-3-5-12(6-4-11)9-10-14/h3-8H,2,9-10,14H2,1H3. The summed E-state index contributed by atoms with van der Waals surface area (Å²) in [5.41, 5.74) is 7.64. The Hall–Kier alpha value is -1.61. The second-order valence-corrected chi connectivity index (χ2v) is 3.37. The van der Waals surface area contributed by atoms with Gasteiger partial charge >= 0.3 is 5.97 Å². The van der Waals surface area contributed by atoms with Gasteiger partial charge in [-0.1, -0.05) is 24.3 Å². The molecule has 0 aliphatic rings. The van der Waals surface area contributed by atoms with Crippen LogP contribution in [0.1, 0.15) is 18.1 Å². The van der Waals surface area contributed by atoms with Gasteiger partial charge in [0.05, 0.1) is 6.61 Å². The number of esters is 1. The first kappa shape index (κ1) is 12.5. The van der Waals surface area contributed by atoms with E-state index in [1.54, 1.807) is 13.0 Å². The Kier molecular flexibility index (Phi) is 5.29. The summed E-state index contributed by atoms with van der Waals surface area (Å²) in [7, 11) is 0. The normalized spacial score (nSPS) is 10.6. The fraction of sp³-hybridized carbons (Fsp3) is 0.308. The zero-order valence-corrected chi connectivity index (χ0v) is 9.48. The van der Waals surface area contributed by atoms with E-state index in [2.05, 4.69) is 0 Å². The van der Waals surface area contributed by atoms with Crippen LogP contribution in [-0.2, 0) is 16.0 Å². The van der Waals surface area contributed by atoms with Crippen molar-refractivity contribution in [3.8, 4) is 0 Å². The minimum Gasteiger partial charge on any atom is -0.463 e. The predicted octanol–water partition coefficient (Wildman–Crippen LogP) is 1.76. The lowest BCUT2D eigenvalue weighted by atomic mass is 10.1. The molecule has 0 bridgehead atoms. The number of hydrogen-bond donors (Lipinski definition) is 1. The van der Waals surface area contributed by atoms with Crippen LogP contribution in [0, 0.1) is 0 Å². The van der Waals surface area contributed by atoms with Crippen molar-refractivity contribution in [2.75, 3.05) is 13.2 Å². The highest BCUT2D eigenvalue weighted by Gasteiger charge is 1.94. The molecule has 0 heterocycles. The molecule has 0 aliphatic heterocycles. The number of ether oxygens (including phenoxy) is 1. The molecule has 1 aromatic rings. The minimum atomic E-state index is -0.312. The number of rotatable bonds is 5. The largest absolute Gasteiger partial charge is 0.463 e. The lowest BCUT2D eigenvalue weighted by Crippen LogP contribution is -2.02. The summed E-state index contributed by atoms with van der Waals surface area (Å²) < 4.78 is 4.78. The van der Waals surface area contributed by atoms with Gasteiger partial charge in [0.1, 0.15) is 0 Å². The average molecular weight is 219 g/mol. The average Bonchev–Trinajstić information content (AvgIpc) is 2.29. The molecule has 0 aliphatic carbocycles. The quantitative estimate of drug-likeness (QED) is 0.606. The van der Waals surface area contributed by atoms with Crippen LogP contribution in [0.5, 0.6) is 0 Å². The van der Waals surface area contributed by atoms with Gasteiger partial charge in [-0.05, 0) is 37.1 Å². The molecule has 0 spiro atoms. The summed E-state index contributed by atoms with van der Waals surface area (Å²) in [6, 6.07) is 7.94. The van der Waals surface area contributed by atoms with E-state index in [0.29, 0.717) is 13.2 Å². The summed E-state index contributed by atoms with van der Waals surface area (Å²) in [6.45, 7) is 2.84. The van der Waals surface area contributed by atoms with Crippen LogP contribution < -0.4 is 5.73 Å².